The van der Waals surface area contributed by atoms with Gasteiger partial charge in [-0.1, -0.05) is 19.0 Å². The third kappa shape index (κ3) is 3.10. The lowest BCUT2D eigenvalue weighted by Crippen LogP contribution is -1.95. The molecule has 2 rings (SSSR count). The molecule has 0 saturated carbocycles. The molecule has 5 nitrogen and oxygen atoms in total. The second-order valence-electron chi connectivity index (χ2n) is 4.28. The van der Waals surface area contributed by atoms with Gasteiger partial charge >= 0.3 is 0 Å². The number of nitrogens with two attached hydrogens (primary N) is 1. The molecule has 0 amide bonds. The Morgan fingerprint density at radius 1 is 1.41 bits per heavy atom. The second kappa shape index (κ2) is 5.37. The van der Waals surface area contributed by atoms with E-state index in [1.807, 2.05) is 5.38 Å². The summed E-state index contributed by atoms with van der Waals surface area (Å²) in [5.74, 6) is 1.87. The van der Waals surface area contributed by atoms with Crippen molar-refractivity contribution in [2.24, 2.45) is 11.7 Å². The predicted octanol–water partition coefficient (Wildman–Crippen LogP) is 2.24. The molecule has 0 fully saturated rings. The summed E-state index contributed by atoms with van der Waals surface area (Å²) in [4.78, 5) is 8.63. The summed E-state index contributed by atoms with van der Waals surface area (Å²) in [6, 6.07) is 0. The van der Waals surface area contributed by atoms with E-state index in [0.717, 1.165) is 29.4 Å². The summed E-state index contributed by atoms with van der Waals surface area (Å²) in [7, 11) is 0. The first-order valence-corrected chi connectivity index (χ1v) is 6.54. The molecule has 0 atom stereocenters. The standard InChI is InChI=1S/C11H16N4OS/c1-7(2)3-4-9-14-11(16-15-9)8-6-17-10(5-12)13-8/h6-7H,3-5,12H2,1-2H3. The molecule has 2 aromatic heterocycles. The van der Waals surface area contributed by atoms with Crippen molar-refractivity contribution >= 4 is 11.3 Å². The van der Waals surface area contributed by atoms with Gasteiger partial charge in [0.2, 0.25) is 0 Å². The summed E-state index contributed by atoms with van der Waals surface area (Å²) >= 11 is 1.51. The number of aromatic nitrogens is 3. The number of rotatable bonds is 5. The summed E-state index contributed by atoms with van der Waals surface area (Å²) in [6.07, 6.45) is 1.90. The van der Waals surface area contributed by atoms with Gasteiger partial charge in [-0.05, 0) is 12.3 Å². The van der Waals surface area contributed by atoms with Crippen LogP contribution in [0.2, 0.25) is 0 Å². The molecule has 2 heterocycles. The zero-order chi connectivity index (χ0) is 12.3. The minimum atomic E-state index is 0.443. The zero-order valence-electron chi connectivity index (χ0n) is 10.0. The van der Waals surface area contributed by atoms with Crippen LogP contribution in [0.25, 0.3) is 11.6 Å². The Bertz CT molecular complexity index is 477. The summed E-state index contributed by atoms with van der Waals surface area (Å²) in [5.41, 5.74) is 6.23. The van der Waals surface area contributed by atoms with E-state index in [1.54, 1.807) is 0 Å². The SMILES string of the molecule is CC(C)CCc1noc(-c2csc(CN)n2)n1. The first kappa shape index (κ1) is 12.2. The normalized spacial score (nSPS) is 11.3. The van der Waals surface area contributed by atoms with Gasteiger partial charge in [-0.2, -0.15) is 4.98 Å². The first-order chi connectivity index (χ1) is 8.19. The van der Waals surface area contributed by atoms with Crippen LogP contribution in [-0.2, 0) is 13.0 Å². The van der Waals surface area contributed by atoms with E-state index < -0.39 is 0 Å². The van der Waals surface area contributed by atoms with Gasteiger partial charge in [0.05, 0.1) is 0 Å². The second-order valence-corrected chi connectivity index (χ2v) is 5.22. The van der Waals surface area contributed by atoms with Gasteiger partial charge in [0.25, 0.3) is 5.89 Å². The van der Waals surface area contributed by atoms with Crippen molar-refractivity contribution in [1.82, 2.24) is 15.1 Å². The van der Waals surface area contributed by atoms with E-state index in [9.17, 15) is 0 Å². The molecule has 6 heteroatoms. The van der Waals surface area contributed by atoms with Crippen LogP contribution in [-0.4, -0.2) is 15.1 Å². The predicted molar refractivity (Wildman–Crippen MR) is 66.5 cm³/mol. The van der Waals surface area contributed by atoms with Crippen LogP contribution in [0.5, 0.6) is 0 Å². The Kier molecular flexibility index (Phi) is 3.86. The van der Waals surface area contributed by atoms with Gasteiger partial charge in [-0.25, -0.2) is 4.98 Å². The van der Waals surface area contributed by atoms with Crippen molar-refractivity contribution in [2.75, 3.05) is 0 Å². The fourth-order valence-corrected chi connectivity index (χ4v) is 2.03. The molecular formula is C11H16N4OS. The van der Waals surface area contributed by atoms with Crippen LogP contribution >= 0.6 is 11.3 Å². The molecule has 0 spiro atoms. The largest absolute Gasteiger partial charge is 0.332 e. The molecule has 0 aromatic carbocycles. The summed E-state index contributed by atoms with van der Waals surface area (Å²) in [6.45, 7) is 4.79. The van der Waals surface area contributed by atoms with Crippen LogP contribution < -0.4 is 5.73 Å². The highest BCUT2D eigenvalue weighted by atomic mass is 32.1. The number of aryl methyl sites for hydroxylation is 1. The average molecular weight is 252 g/mol. The lowest BCUT2D eigenvalue weighted by atomic mass is 10.1. The molecule has 0 unspecified atom stereocenters. The number of nitrogens with zero attached hydrogens (tertiary/aromatic N) is 3. The van der Waals surface area contributed by atoms with Crippen LogP contribution in [0.1, 0.15) is 31.1 Å². The maximum Gasteiger partial charge on any atom is 0.277 e. The third-order valence-corrected chi connectivity index (χ3v) is 3.23. The van der Waals surface area contributed by atoms with E-state index in [2.05, 4.69) is 29.0 Å². The zero-order valence-corrected chi connectivity index (χ0v) is 10.8. The van der Waals surface area contributed by atoms with E-state index >= 15 is 0 Å². The van der Waals surface area contributed by atoms with Gasteiger partial charge in [0, 0.05) is 18.3 Å². The van der Waals surface area contributed by atoms with E-state index in [1.165, 1.54) is 11.3 Å². The quantitative estimate of drug-likeness (QED) is 0.883. The average Bonchev–Trinajstić information content (AvgIpc) is 2.94. The molecule has 92 valence electrons. The Labute approximate surface area is 104 Å². The Hall–Kier alpha value is -1.27. The lowest BCUT2D eigenvalue weighted by Gasteiger charge is -1.98. The van der Waals surface area contributed by atoms with Crippen molar-refractivity contribution in [1.29, 1.82) is 0 Å². The highest BCUT2D eigenvalue weighted by molar-refractivity contribution is 7.09. The number of hydrogen-bond acceptors (Lipinski definition) is 6. The first-order valence-electron chi connectivity index (χ1n) is 5.66. The van der Waals surface area contributed by atoms with Gasteiger partial charge < -0.3 is 10.3 Å². The molecule has 2 N–H and O–H groups in total. The van der Waals surface area contributed by atoms with Crippen LogP contribution in [0.4, 0.5) is 0 Å². The van der Waals surface area contributed by atoms with Crippen molar-refractivity contribution < 1.29 is 4.52 Å². The van der Waals surface area contributed by atoms with Crippen molar-refractivity contribution in [2.45, 2.75) is 33.2 Å². The summed E-state index contributed by atoms with van der Waals surface area (Å²) in [5, 5.41) is 6.71. The number of thiazole rings is 1. The van der Waals surface area contributed by atoms with Gasteiger partial charge in [0.1, 0.15) is 10.7 Å². The van der Waals surface area contributed by atoms with Crippen LogP contribution in [0, 0.1) is 5.92 Å². The Balaban J connectivity index is 2.07. The van der Waals surface area contributed by atoms with E-state index in [-0.39, 0.29) is 0 Å². The van der Waals surface area contributed by atoms with Crippen LogP contribution in [0.15, 0.2) is 9.90 Å². The molecular weight excluding hydrogens is 236 g/mol. The Morgan fingerprint density at radius 2 is 2.24 bits per heavy atom. The fourth-order valence-electron chi connectivity index (χ4n) is 1.38. The van der Waals surface area contributed by atoms with E-state index in [0.29, 0.717) is 18.4 Å². The molecule has 17 heavy (non-hydrogen) atoms. The topological polar surface area (TPSA) is 77.8 Å². The molecule has 0 aliphatic heterocycles. The monoisotopic (exact) mass is 252 g/mol. The number of hydrogen-bond donors (Lipinski definition) is 1. The molecule has 0 aliphatic carbocycles. The van der Waals surface area contributed by atoms with Crippen LogP contribution in [0.3, 0.4) is 0 Å². The third-order valence-electron chi connectivity index (χ3n) is 2.36. The molecule has 0 radical (unpaired) electrons. The maximum absolute atomic E-state index is 5.51. The Morgan fingerprint density at radius 3 is 2.88 bits per heavy atom. The molecule has 0 bridgehead atoms. The van der Waals surface area contributed by atoms with Crippen molar-refractivity contribution in [3.63, 3.8) is 0 Å². The van der Waals surface area contributed by atoms with Gasteiger partial charge in [0.15, 0.2) is 5.82 Å². The van der Waals surface area contributed by atoms with E-state index in [4.69, 9.17) is 10.3 Å². The van der Waals surface area contributed by atoms with Crippen molar-refractivity contribution in [3.8, 4) is 11.6 Å². The highest BCUT2D eigenvalue weighted by Gasteiger charge is 2.12. The van der Waals surface area contributed by atoms with Gasteiger partial charge in [-0.3, -0.25) is 0 Å². The van der Waals surface area contributed by atoms with Crippen molar-refractivity contribution in [3.05, 3.63) is 16.2 Å². The molecule has 0 aliphatic rings. The minimum absolute atomic E-state index is 0.443. The molecule has 0 saturated heterocycles. The van der Waals surface area contributed by atoms with Gasteiger partial charge in [-0.15, -0.1) is 11.3 Å². The lowest BCUT2D eigenvalue weighted by molar-refractivity contribution is 0.418. The molecule has 2 aromatic rings. The minimum Gasteiger partial charge on any atom is -0.332 e. The summed E-state index contributed by atoms with van der Waals surface area (Å²) < 4.78 is 5.18. The maximum atomic E-state index is 5.51. The highest BCUT2D eigenvalue weighted by Crippen LogP contribution is 2.20. The fraction of sp³-hybridized carbons (Fsp3) is 0.545. The smallest absolute Gasteiger partial charge is 0.277 e.